The zero-order chi connectivity index (χ0) is 17.7. The standard InChI is InChI=1S/C18H28N2O3S/c1-4-15-8-10-16(11-9-15)24(22,23)19-17(14(2)3)18(21)20-12-6-5-7-13-20/h8-11,14,17,19H,4-7,12-13H2,1-3H3/t17-/m1/s1. The van der Waals surface area contributed by atoms with Crippen molar-refractivity contribution in [2.24, 2.45) is 5.92 Å². The van der Waals surface area contributed by atoms with Crippen molar-refractivity contribution in [3.8, 4) is 0 Å². The quantitative estimate of drug-likeness (QED) is 0.856. The van der Waals surface area contributed by atoms with E-state index in [4.69, 9.17) is 0 Å². The van der Waals surface area contributed by atoms with Crippen molar-refractivity contribution < 1.29 is 13.2 Å². The maximum atomic E-state index is 12.7. The molecule has 5 nitrogen and oxygen atoms in total. The van der Waals surface area contributed by atoms with E-state index < -0.39 is 16.1 Å². The number of nitrogens with one attached hydrogen (secondary N) is 1. The molecule has 1 aliphatic heterocycles. The Labute approximate surface area is 145 Å². The van der Waals surface area contributed by atoms with Crippen molar-refractivity contribution >= 4 is 15.9 Å². The predicted molar refractivity (Wildman–Crippen MR) is 95.2 cm³/mol. The minimum absolute atomic E-state index is 0.107. The number of carbonyl (C=O) groups excluding carboxylic acids is 1. The van der Waals surface area contributed by atoms with Crippen LogP contribution in [0.25, 0.3) is 0 Å². The van der Waals surface area contributed by atoms with Crippen LogP contribution in [0.4, 0.5) is 0 Å². The van der Waals surface area contributed by atoms with E-state index in [-0.39, 0.29) is 16.7 Å². The molecule has 1 atom stereocenters. The summed E-state index contributed by atoms with van der Waals surface area (Å²) >= 11 is 0. The zero-order valence-corrected chi connectivity index (χ0v) is 15.6. The summed E-state index contributed by atoms with van der Waals surface area (Å²) in [7, 11) is -3.71. The van der Waals surface area contributed by atoms with Gasteiger partial charge in [-0.1, -0.05) is 32.9 Å². The summed E-state index contributed by atoms with van der Waals surface area (Å²) in [5.41, 5.74) is 1.08. The van der Waals surface area contributed by atoms with Gasteiger partial charge in [-0.15, -0.1) is 0 Å². The molecule has 1 fully saturated rings. The molecule has 0 saturated carbocycles. The molecule has 2 rings (SSSR count). The van der Waals surface area contributed by atoms with Gasteiger partial charge in [0.1, 0.15) is 6.04 Å². The minimum atomic E-state index is -3.71. The summed E-state index contributed by atoms with van der Waals surface area (Å²) in [5.74, 6) is -0.220. The van der Waals surface area contributed by atoms with Gasteiger partial charge in [0.2, 0.25) is 15.9 Å². The highest BCUT2D eigenvalue weighted by molar-refractivity contribution is 7.89. The number of carbonyl (C=O) groups is 1. The Morgan fingerprint density at radius 1 is 1.12 bits per heavy atom. The van der Waals surface area contributed by atoms with Crippen molar-refractivity contribution in [1.82, 2.24) is 9.62 Å². The highest BCUT2D eigenvalue weighted by atomic mass is 32.2. The first-order valence-electron chi connectivity index (χ1n) is 8.75. The van der Waals surface area contributed by atoms with E-state index in [1.807, 2.05) is 32.9 Å². The lowest BCUT2D eigenvalue weighted by Gasteiger charge is -2.32. The number of aryl methyl sites for hydroxylation is 1. The largest absolute Gasteiger partial charge is 0.341 e. The third-order valence-electron chi connectivity index (χ3n) is 4.52. The molecule has 1 aliphatic rings. The lowest BCUT2D eigenvalue weighted by molar-refractivity contribution is -0.134. The van der Waals surface area contributed by atoms with Crippen LogP contribution in [0.3, 0.4) is 0 Å². The van der Waals surface area contributed by atoms with Gasteiger partial charge in [-0.3, -0.25) is 4.79 Å². The molecule has 0 bridgehead atoms. The van der Waals surface area contributed by atoms with Crippen LogP contribution >= 0.6 is 0 Å². The number of piperidine rings is 1. The molecule has 0 aromatic heterocycles. The van der Waals surface area contributed by atoms with Crippen molar-refractivity contribution in [2.45, 2.75) is 57.4 Å². The van der Waals surface area contributed by atoms with Crippen molar-refractivity contribution in [3.05, 3.63) is 29.8 Å². The molecule has 1 heterocycles. The van der Waals surface area contributed by atoms with Gasteiger partial charge in [0.05, 0.1) is 4.90 Å². The maximum absolute atomic E-state index is 12.7. The average Bonchev–Trinajstić information content (AvgIpc) is 2.59. The van der Waals surface area contributed by atoms with Gasteiger partial charge in [0.25, 0.3) is 0 Å². The van der Waals surface area contributed by atoms with Crippen LogP contribution in [-0.4, -0.2) is 38.4 Å². The molecule has 1 aromatic rings. The second-order valence-electron chi connectivity index (χ2n) is 6.73. The maximum Gasteiger partial charge on any atom is 0.241 e. The molecule has 1 amide bonds. The molecule has 0 radical (unpaired) electrons. The second kappa shape index (κ2) is 8.12. The van der Waals surface area contributed by atoms with Crippen LogP contribution in [0.5, 0.6) is 0 Å². The van der Waals surface area contributed by atoms with Gasteiger partial charge < -0.3 is 4.90 Å². The molecule has 1 N–H and O–H groups in total. The number of rotatable bonds is 6. The SMILES string of the molecule is CCc1ccc(S(=O)(=O)N[C@@H](C(=O)N2CCCCC2)C(C)C)cc1. The number of amides is 1. The van der Waals surface area contributed by atoms with Gasteiger partial charge in [-0.05, 0) is 49.3 Å². The van der Waals surface area contributed by atoms with Crippen LogP contribution in [0.1, 0.15) is 45.6 Å². The first kappa shape index (κ1) is 18.9. The van der Waals surface area contributed by atoms with Crippen molar-refractivity contribution in [3.63, 3.8) is 0 Å². The highest BCUT2D eigenvalue weighted by Gasteiger charge is 2.32. The summed E-state index contributed by atoms with van der Waals surface area (Å²) in [6, 6.07) is 6.10. The van der Waals surface area contributed by atoms with Gasteiger partial charge in [-0.25, -0.2) is 8.42 Å². The van der Waals surface area contributed by atoms with E-state index in [1.165, 1.54) is 0 Å². The fraction of sp³-hybridized carbons (Fsp3) is 0.611. The summed E-state index contributed by atoms with van der Waals surface area (Å²) in [5, 5.41) is 0. The molecule has 1 saturated heterocycles. The summed E-state index contributed by atoms with van der Waals surface area (Å²) in [6.45, 7) is 7.20. The first-order chi connectivity index (χ1) is 11.3. The number of hydrogen-bond donors (Lipinski definition) is 1. The molecule has 134 valence electrons. The fourth-order valence-electron chi connectivity index (χ4n) is 2.92. The third kappa shape index (κ3) is 4.57. The lowest BCUT2D eigenvalue weighted by Crippen LogP contribution is -2.52. The number of sulfonamides is 1. The Balaban J connectivity index is 2.17. The smallest absolute Gasteiger partial charge is 0.241 e. The molecular weight excluding hydrogens is 324 g/mol. The highest BCUT2D eigenvalue weighted by Crippen LogP contribution is 2.17. The monoisotopic (exact) mass is 352 g/mol. The van der Waals surface area contributed by atoms with E-state index >= 15 is 0 Å². The first-order valence-corrected chi connectivity index (χ1v) is 10.2. The Bertz CT molecular complexity index is 647. The van der Waals surface area contributed by atoms with Gasteiger partial charge in [-0.2, -0.15) is 4.72 Å². The molecular formula is C18H28N2O3S. The molecule has 24 heavy (non-hydrogen) atoms. The Hall–Kier alpha value is -1.40. The normalized spacial score (nSPS) is 17.1. The van der Waals surface area contributed by atoms with E-state index in [1.54, 1.807) is 17.0 Å². The summed E-state index contributed by atoms with van der Waals surface area (Å²) in [6.07, 6.45) is 3.96. The van der Waals surface area contributed by atoms with E-state index in [9.17, 15) is 13.2 Å². The van der Waals surface area contributed by atoms with Gasteiger partial charge in [0, 0.05) is 13.1 Å². The van der Waals surface area contributed by atoms with Crippen LogP contribution in [0.2, 0.25) is 0 Å². The molecule has 1 aromatic carbocycles. The predicted octanol–water partition coefficient (Wildman–Crippen LogP) is 2.56. The second-order valence-corrected chi connectivity index (χ2v) is 8.44. The van der Waals surface area contributed by atoms with Gasteiger partial charge in [0.15, 0.2) is 0 Å². The molecule has 0 spiro atoms. The number of nitrogens with zero attached hydrogens (tertiary/aromatic N) is 1. The summed E-state index contributed by atoms with van der Waals surface area (Å²) < 4.78 is 27.9. The van der Waals surface area contributed by atoms with E-state index in [0.29, 0.717) is 0 Å². The molecule has 6 heteroatoms. The number of likely N-dealkylation sites (tertiary alicyclic amines) is 1. The summed E-state index contributed by atoms with van der Waals surface area (Å²) in [4.78, 5) is 14.7. The topological polar surface area (TPSA) is 66.5 Å². The van der Waals surface area contributed by atoms with E-state index in [0.717, 1.165) is 44.3 Å². The average molecular weight is 353 g/mol. The van der Waals surface area contributed by atoms with Crippen LogP contribution < -0.4 is 4.72 Å². The molecule has 0 unspecified atom stereocenters. The minimum Gasteiger partial charge on any atom is -0.341 e. The number of benzene rings is 1. The Morgan fingerprint density at radius 2 is 1.71 bits per heavy atom. The van der Waals surface area contributed by atoms with Crippen molar-refractivity contribution in [1.29, 1.82) is 0 Å². The third-order valence-corrected chi connectivity index (χ3v) is 5.98. The van der Waals surface area contributed by atoms with Crippen LogP contribution in [-0.2, 0) is 21.2 Å². The zero-order valence-electron chi connectivity index (χ0n) is 14.8. The number of hydrogen-bond acceptors (Lipinski definition) is 3. The van der Waals surface area contributed by atoms with Crippen LogP contribution in [0.15, 0.2) is 29.2 Å². The van der Waals surface area contributed by atoms with Crippen LogP contribution in [0, 0.1) is 5.92 Å². The Morgan fingerprint density at radius 3 is 2.21 bits per heavy atom. The fourth-order valence-corrected chi connectivity index (χ4v) is 4.26. The van der Waals surface area contributed by atoms with Crippen molar-refractivity contribution in [2.75, 3.05) is 13.1 Å². The van der Waals surface area contributed by atoms with E-state index in [2.05, 4.69) is 4.72 Å². The lowest BCUT2D eigenvalue weighted by atomic mass is 10.0. The molecule has 0 aliphatic carbocycles. The Kier molecular flexibility index (Phi) is 6.40. The van der Waals surface area contributed by atoms with Gasteiger partial charge >= 0.3 is 0 Å².